The molecule has 3 aliphatic heterocycles. The number of hydrogen-bond donors (Lipinski definition) is 0. The van der Waals surface area contributed by atoms with Crippen molar-refractivity contribution in [2.75, 3.05) is 49.4 Å². The van der Waals surface area contributed by atoms with Gasteiger partial charge in [-0.1, -0.05) is 6.07 Å². The van der Waals surface area contributed by atoms with Crippen molar-refractivity contribution >= 4 is 29.3 Å². The maximum atomic E-state index is 12.6. The minimum atomic E-state index is -0.0256. The molecule has 8 heteroatoms. The van der Waals surface area contributed by atoms with Gasteiger partial charge in [-0.15, -0.1) is 11.8 Å². The molecule has 4 rings (SSSR count). The second kappa shape index (κ2) is 6.60. The number of thioether (sulfide) groups is 1. The molecule has 1 aromatic rings. The summed E-state index contributed by atoms with van der Waals surface area (Å²) in [6.07, 6.45) is 1.83. The van der Waals surface area contributed by atoms with Crippen molar-refractivity contribution in [2.24, 2.45) is 5.10 Å². The summed E-state index contributed by atoms with van der Waals surface area (Å²) >= 11 is 1.80. The Morgan fingerprint density at radius 1 is 1.25 bits per heavy atom. The topological polar surface area (TPSA) is 55.3 Å². The normalized spacial score (nSPS) is 25.0. The van der Waals surface area contributed by atoms with Crippen molar-refractivity contribution in [3.8, 4) is 0 Å². The molecule has 0 aromatic carbocycles. The number of nitrogens with zero attached hydrogens (tertiary/aromatic N) is 6. The van der Waals surface area contributed by atoms with E-state index in [0.717, 1.165) is 49.5 Å². The molecule has 24 heavy (non-hydrogen) atoms. The van der Waals surface area contributed by atoms with Crippen LogP contribution < -0.4 is 4.90 Å². The van der Waals surface area contributed by atoms with Gasteiger partial charge in [0.25, 0.3) is 5.91 Å². The van der Waals surface area contributed by atoms with E-state index in [2.05, 4.69) is 24.8 Å². The molecular weight excluding hydrogens is 324 g/mol. The van der Waals surface area contributed by atoms with Crippen LogP contribution in [0.15, 0.2) is 29.5 Å². The van der Waals surface area contributed by atoms with E-state index in [9.17, 15) is 4.79 Å². The molecule has 4 heterocycles. The quantitative estimate of drug-likeness (QED) is 0.804. The number of hydrogen-bond acceptors (Lipinski definition) is 7. The maximum absolute atomic E-state index is 12.6. The molecule has 7 nitrogen and oxygen atoms in total. The van der Waals surface area contributed by atoms with Gasteiger partial charge in [0.2, 0.25) is 0 Å². The van der Waals surface area contributed by atoms with Crippen LogP contribution in [-0.2, 0) is 4.79 Å². The van der Waals surface area contributed by atoms with Gasteiger partial charge in [0, 0.05) is 38.1 Å². The smallest absolute Gasteiger partial charge is 0.267 e. The molecule has 3 aliphatic rings. The number of carbonyl (C=O) groups is 1. The second-order valence-electron chi connectivity index (χ2n) is 6.30. The van der Waals surface area contributed by atoms with E-state index in [0.29, 0.717) is 6.67 Å². The molecule has 0 saturated carbocycles. The fourth-order valence-electron chi connectivity index (χ4n) is 3.37. The number of amidine groups is 1. The molecule has 0 aliphatic carbocycles. The molecule has 1 atom stereocenters. The SMILES string of the molecule is CC1=NN(CN2CCN(c3ccccn3)CC2)C(=O)C2CSCN12. The second-order valence-corrected chi connectivity index (χ2v) is 7.30. The van der Waals surface area contributed by atoms with E-state index >= 15 is 0 Å². The summed E-state index contributed by atoms with van der Waals surface area (Å²) in [7, 11) is 0. The zero-order valence-electron chi connectivity index (χ0n) is 13.8. The lowest BCUT2D eigenvalue weighted by molar-refractivity contribution is -0.138. The summed E-state index contributed by atoms with van der Waals surface area (Å²) in [4.78, 5) is 23.7. The van der Waals surface area contributed by atoms with E-state index in [1.54, 1.807) is 16.8 Å². The Hall–Kier alpha value is -1.80. The first-order valence-corrected chi connectivity index (χ1v) is 9.47. The van der Waals surface area contributed by atoms with Gasteiger partial charge in [-0.25, -0.2) is 9.99 Å². The number of carbonyl (C=O) groups excluding carboxylic acids is 1. The van der Waals surface area contributed by atoms with E-state index < -0.39 is 0 Å². The van der Waals surface area contributed by atoms with Gasteiger partial charge in [0.05, 0.1) is 12.5 Å². The molecule has 0 bridgehead atoms. The Morgan fingerprint density at radius 2 is 2.08 bits per heavy atom. The van der Waals surface area contributed by atoms with Crippen LogP contribution in [0, 0.1) is 0 Å². The van der Waals surface area contributed by atoms with Gasteiger partial charge >= 0.3 is 0 Å². The average molecular weight is 346 g/mol. The first-order valence-electron chi connectivity index (χ1n) is 8.32. The lowest BCUT2D eigenvalue weighted by atomic mass is 10.2. The Balaban J connectivity index is 1.36. The number of aromatic nitrogens is 1. The predicted octanol–water partition coefficient (Wildman–Crippen LogP) is 0.712. The molecule has 128 valence electrons. The summed E-state index contributed by atoms with van der Waals surface area (Å²) in [6.45, 7) is 6.26. The van der Waals surface area contributed by atoms with Crippen LogP contribution in [0.2, 0.25) is 0 Å². The first-order chi connectivity index (χ1) is 11.7. The molecule has 0 radical (unpaired) electrons. The third-order valence-electron chi connectivity index (χ3n) is 4.78. The van der Waals surface area contributed by atoms with Gasteiger partial charge in [0.1, 0.15) is 17.7 Å². The van der Waals surface area contributed by atoms with Crippen molar-refractivity contribution in [1.29, 1.82) is 0 Å². The van der Waals surface area contributed by atoms with E-state index in [4.69, 9.17) is 0 Å². The highest BCUT2D eigenvalue weighted by atomic mass is 32.2. The Labute approximate surface area is 146 Å². The van der Waals surface area contributed by atoms with Crippen molar-refractivity contribution in [3.63, 3.8) is 0 Å². The van der Waals surface area contributed by atoms with E-state index in [1.807, 2.05) is 31.3 Å². The summed E-state index contributed by atoms with van der Waals surface area (Å²) in [5, 5.41) is 6.19. The molecule has 2 saturated heterocycles. The Bertz CT molecular complexity index is 631. The molecule has 1 aromatic heterocycles. The zero-order valence-corrected chi connectivity index (χ0v) is 14.7. The Kier molecular flexibility index (Phi) is 4.32. The van der Waals surface area contributed by atoms with Crippen molar-refractivity contribution < 1.29 is 4.79 Å². The standard InChI is InChI=1S/C16H22N6OS/c1-13-18-22(16(23)14-10-24-12-21(13)14)11-19-6-8-20(9-7-19)15-4-2-3-5-17-15/h2-5,14H,6-12H2,1H3. The monoisotopic (exact) mass is 346 g/mol. The molecule has 0 spiro atoms. The van der Waals surface area contributed by atoms with Crippen LogP contribution in [0.5, 0.6) is 0 Å². The zero-order chi connectivity index (χ0) is 16.5. The predicted molar refractivity (Wildman–Crippen MR) is 95.8 cm³/mol. The van der Waals surface area contributed by atoms with Crippen molar-refractivity contribution in [3.05, 3.63) is 24.4 Å². The summed E-state index contributed by atoms with van der Waals surface area (Å²) in [6, 6.07) is 5.97. The number of piperazine rings is 1. The molecular formula is C16H22N6OS. The minimum Gasteiger partial charge on any atom is -0.354 e. The number of amides is 1. The van der Waals surface area contributed by atoms with Crippen LogP contribution in [0.4, 0.5) is 5.82 Å². The van der Waals surface area contributed by atoms with Gasteiger partial charge in [-0.05, 0) is 19.1 Å². The van der Waals surface area contributed by atoms with Crippen LogP contribution in [0.1, 0.15) is 6.92 Å². The summed E-state index contributed by atoms with van der Waals surface area (Å²) in [5.74, 6) is 3.87. The average Bonchev–Trinajstić information content (AvgIpc) is 3.11. The van der Waals surface area contributed by atoms with E-state index in [1.165, 1.54) is 0 Å². The number of rotatable bonds is 3. The summed E-state index contributed by atoms with van der Waals surface area (Å²) < 4.78 is 0. The van der Waals surface area contributed by atoms with Gasteiger partial charge < -0.3 is 9.80 Å². The van der Waals surface area contributed by atoms with E-state index in [-0.39, 0.29) is 11.9 Å². The van der Waals surface area contributed by atoms with Gasteiger partial charge in [-0.3, -0.25) is 9.69 Å². The number of pyridine rings is 1. The highest BCUT2D eigenvalue weighted by Gasteiger charge is 2.39. The number of anilines is 1. The minimum absolute atomic E-state index is 0.0256. The molecule has 2 fully saturated rings. The van der Waals surface area contributed by atoms with Crippen molar-refractivity contribution in [1.82, 2.24) is 19.8 Å². The molecule has 1 unspecified atom stereocenters. The fraction of sp³-hybridized carbons (Fsp3) is 0.562. The lowest BCUT2D eigenvalue weighted by Gasteiger charge is -2.39. The number of hydrazone groups is 1. The molecule has 0 N–H and O–H groups in total. The van der Waals surface area contributed by atoms with Crippen LogP contribution in [0.3, 0.4) is 0 Å². The summed E-state index contributed by atoms with van der Waals surface area (Å²) in [5.41, 5.74) is 0. The fourth-order valence-corrected chi connectivity index (χ4v) is 4.58. The Morgan fingerprint density at radius 3 is 2.83 bits per heavy atom. The van der Waals surface area contributed by atoms with Gasteiger partial charge in [0.15, 0.2) is 0 Å². The molecule has 1 amide bonds. The van der Waals surface area contributed by atoms with Crippen LogP contribution in [-0.4, -0.2) is 82.1 Å². The van der Waals surface area contributed by atoms with Crippen LogP contribution in [0.25, 0.3) is 0 Å². The first kappa shape index (κ1) is 15.7. The van der Waals surface area contributed by atoms with Gasteiger partial charge in [-0.2, -0.15) is 5.10 Å². The maximum Gasteiger partial charge on any atom is 0.267 e. The third kappa shape index (κ3) is 2.95. The lowest BCUT2D eigenvalue weighted by Crippen LogP contribution is -2.56. The van der Waals surface area contributed by atoms with Crippen LogP contribution >= 0.6 is 11.8 Å². The number of fused-ring (bicyclic) bond motifs is 1. The third-order valence-corrected chi connectivity index (χ3v) is 5.79. The largest absolute Gasteiger partial charge is 0.354 e. The highest BCUT2D eigenvalue weighted by Crippen LogP contribution is 2.26. The van der Waals surface area contributed by atoms with Crippen molar-refractivity contribution in [2.45, 2.75) is 13.0 Å². The highest BCUT2D eigenvalue weighted by molar-refractivity contribution is 7.99.